The van der Waals surface area contributed by atoms with E-state index in [2.05, 4.69) is 77.3 Å². The Morgan fingerprint density at radius 1 is 1.06 bits per heavy atom. The standard InChI is InChI=1S/C25H37N5S/c1-18-15-23-25(31-18)24(30-12-9-21(17-30)27(2)3)16-22(28(23)4)19-5-7-20(8-6-19)29-13-10-26-11-14-29/h5,7,15-16,21-22,26H,6,8-14,17H2,1-4H3. The van der Waals surface area contributed by atoms with Crippen molar-refractivity contribution in [2.75, 3.05) is 65.3 Å². The summed E-state index contributed by atoms with van der Waals surface area (Å²) >= 11 is 1.96. The topological polar surface area (TPSA) is 25.0 Å². The quantitative estimate of drug-likeness (QED) is 0.776. The van der Waals surface area contributed by atoms with E-state index in [1.807, 2.05) is 11.3 Å². The van der Waals surface area contributed by atoms with Gasteiger partial charge in [-0.25, -0.2) is 0 Å². The van der Waals surface area contributed by atoms with Crippen molar-refractivity contribution < 1.29 is 0 Å². The van der Waals surface area contributed by atoms with Crippen molar-refractivity contribution in [2.45, 2.75) is 38.3 Å². The zero-order chi connectivity index (χ0) is 21.5. The highest BCUT2D eigenvalue weighted by Crippen LogP contribution is 2.44. The lowest BCUT2D eigenvalue weighted by Crippen LogP contribution is -2.43. The molecule has 5 nitrogen and oxygen atoms in total. The van der Waals surface area contributed by atoms with E-state index in [9.17, 15) is 0 Å². The highest BCUT2D eigenvalue weighted by atomic mass is 32.1. The van der Waals surface area contributed by atoms with Gasteiger partial charge in [0, 0.05) is 62.9 Å². The molecular weight excluding hydrogens is 402 g/mol. The van der Waals surface area contributed by atoms with E-state index in [-0.39, 0.29) is 0 Å². The van der Waals surface area contributed by atoms with Crippen molar-refractivity contribution in [1.82, 2.24) is 20.0 Å². The zero-order valence-electron chi connectivity index (χ0n) is 19.5. The molecule has 4 heterocycles. The second-order valence-electron chi connectivity index (χ2n) is 9.67. The van der Waals surface area contributed by atoms with Gasteiger partial charge >= 0.3 is 0 Å². The van der Waals surface area contributed by atoms with Crippen LogP contribution in [0.1, 0.15) is 29.0 Å². The molecule has 31 heavy (non-hydrogen) atoms. The van der Waals surface area contributed by atoms with Crippen LogP contribution in [0.15, 0.2) is 35.6 Å². The summed E-state index contributed by atoms with van der Waals surface area (Å²) in [5.74, 6) is 0. The van der Waals surface area contributed by atoms with Gasteiger partial charge in [-0.3, -0.25) is 0 Å². The molecule has 2 atom stereocenters. The number of hydrogen-bond donors (Lipinski definition) is 1. The minimum absolute atomic E-state index is 0.357. The molecule has 168 valence electrons. The normalized spacial score (nSPS) is 26.7. The molecule has 3 aliphatic heterocycles. The molecule has 0 spiro atoms. The molecule has 6 heteroatoms. The van der Waals surface area contributed by atoms with Crippen LogP contribution >= 0.6 is 11.3 Å². The first kappa shape index (κ1) is 21.1. The Hall–Kier alpha value is -1.76. The van der Waals surface area contributed by atoms with Gasteiger partial charge in [0.05, 0.1) is 22.3 Å². The number of hydrogen-bond acceptors (Lipinski definition) is 6. The average Bonchev–Trinajstić information content (AvgIpc) is 3.42. The molecule has 0 radical (unpaired) electrons. The third-order valence-electron chi connectivity index (χ3n) is 7.48. The monoisotopic (exact) mass is 439 g/mol. The molecular formula is C25H37N5S. The summed E-state index contributed by atoms with van der Waals surface area (Å²) in [6.07, 6.45) is 11.0. The number of allylic oxidation sites excluding steroid dienone is 3. The van der Waals surface area contributed by atoms with E-state index < -0.39 is 0 Å². The number of likely N-dealkylation sites (tertiary alicyclic amines) is 1. The van der Waals surface area contributed by atoms with Gasteiger partial charge in [0.15, 0.2) is 0 Å². The number of fused-ring (bicyclic) bond motifs is 1. The van der Waals surface area contributed by atoms with Gasteiger partial charge in [0.2, 0.25) is 0 Å². The van der Waals surface area contributed by atoms with E-state index in [0.29, 0.717) is 12.1 Å². The molecule has 0 amide bonds. The van der Waals surface area contributed by atoms with Gasteiger partial charge in [0.25, 0.3) is 0 Å². The minimum Gasteiger partial charge on any atom is -0.372 e. The van der Waals surface area contributed by atoms with Gasteiger partial charge < -0.3 is 24.9 Å². The van der Waals surface area contributed by atoms with Gasteiger partial charge in [-0.15, -0.1) is 11.3 Å². The van der Waals surface area contributed by atoms with E-state index >= 15 is 0 Å². The number of nitrogens with zero attached hydrogens (tertiary/aromatic N) is 4. The third kappa shape index (κ3) is 4.06. The highest BCUT2D eigenvalue weighted by Gasteiger charge is 2.34. The van der Waals surface area contributed by atoms with E-state index in [4.69, 9.17) is 0 Å². The Kier molecular flexibility index (Phi) is 5.88. The summed E-state index contributed by atoms with van der Waals surface area (Å²) in [6.45, 7) is 9.04. The first-order chi connectivity index (χ1) is 15.0. The molecule has 0 aromatic carbocycles. The van der Waals surface area contributed by atoms with Crippen LogP contribution < -0.4 is 10.2 Å². The molecule has 2 unspecified atom stereocenters. The van der Waals surface area contributed by atoms with E-state index in [0.717, 1.165) is 45.7 Å². The van der Waals surface area contributed by atoms with Crippen molar-refractivity contribution in [3.05, 3.63) is 45.3 Å². The minimum atomic E-state index is 0.357. The van der Waals surface area contributed by atoms with Crippen LogP contribution in [0, 0.1) is 6.92 Å². The van der Waals surface area contributed by atoms with Crippen LogP contribution in [-0.4, -0.2) is 87.2 Å². The molecule has 1 N–H and O–H groups in total. The SMILES string of the molecule is Cc1cc2c(s1)C(N1CCC(N(C)C)C1)=CC(C1=CC=C(N3CCNCC3)CC1)N2C. The molecule has 1 aromatic rings. The number of piperazine rings is 1. The Labute approximate surface area is 191 Å². The summed E-state index contributed by atoms with van der Waals surface area (Å²) in [5.41, 5.74) is 5.96. The van der Waals surface area contributed by atoms with Gasteiger partial charge in [-0.05, 0) is 64.1 Å². The van der Waals surface area contributed by atoms with Gasteiger partial charge in [-0.2, -0.15) is 0 Å². The fourth-order valence-corrected chi connectivity index (χ4v) is 6.63. The highest BCUT2D eigenvalue weighted by molar-refractivity contribution is 7.13. The van der Waals surface area contributed by atoms with Crippen LogP contribution in [0.25, 0.3) is 5.70 Å². The smallest absolute Gasteiger partial charge is 0.0738 e. The van der Waals surface area contributed by atoms with Crippen LogP contribution in [0.5, 0.6) is 0 Å². The van der Waals surface area contributed by atoms with Crippen LogP contribution in [0.2, 0.25) is 0 Å². The number of rotatable bonds is 4. The average molecular weight is 440 g/mol. The Bertz CT molecular complexity index is 905. The lowest BCUT2D eigenvalue weighted by Gasteiger charge is -2.39. The number of thiophene rings is 1. The first-order valence-corrected chi connectivity index (χ1v) is 12.6. The predicted molar refractivity (Wildman–Crippen MR) is 133 cm³/mol. The zero-order valence-corrected chi connectivity index (χ0v) is 20.3. The van der Waals surface area contributed by atoms with Crippen molar-refractivity contribution >= 4 is 22.7 Å². The molecule has 2 saturated heterocycles. The summed E-state index contributed by atoms with van der Waals surface area (Å²) in [5, 5.41) is 3.47. The molecule has 2 fully saturated rings. The second-order valence-corrected chi connectivity index (χ2v) is 10.9. The number of likely N-dealkylation sites (N-methyl/N-ethyl adjacent to an activating group) is 2. The molecule has 4 aliphatic rings. The maximum atomic E-state index is 3.47. The predicted octanol–water partition coefficient (Wildman–Crippen LogP) is 3.36. The molecule has 1 aromatic heterocycles. The fourth-order valence-electron chi connectivity index (χ4n) is 5.52. The maximum absolute atomic E-state index is 3.47. The molecule has 1 aliphatic carbocycles. The Balaban J connectivity index is 1.43. The van der Waals surface area contributed by atoms with Crippen LogP contribution in [0.4, 0.5) is 5.69 Å². The second kappa shape index (κ2) is 8.64. The largest absolute Gasteiger partial charge is 0.372 e. The summed E-state index contributed by atoms with van der Waals surface area (Å²) < 4.78 is 0. The Morgan fingerprint density at radius 3 is 2.55 bits per heavy atom. The summed E-state index contributed by atoms with van der Waals surface area (Å²) in [4.78, 5) is 13.0. The van der Waals surface area contributed by atoms with Gasteiger partial charge in [0.1, 0.15) is 0 Å². The lowest BCUT2D eigenvalue weighted by molar-refractivity contribution is 0.289. The number of aryl methyl sites for hydroxylation is 1. The van der Waals surface area contributed by atoms with Crippen molar-refractivity contribution in [2.24, 2.45) is 0 Å². The molecule has 0 saturated carbocycles. The maximum Gasteiger partial charge on any atom is 0.0738 e. The third-order valence-corrected chi connectivity index (χ3v) is 8.54. The van der Waals surface area contributed by atoms with E-state index in [1.165, 1.54) is 39.7 Å². The van der Waals surface area contributed by atoms with Crippen molar-refractivity contribution in [3.8, 4) is 0 Å². The summed E-state index contributed by atoms with van der Waals surface area (Å²) in [6, 6.07) is 3.41. The first-order valence-electron chi connectivity index (χ1n) is 11.8. The van der Waals surface area contributed by atoms with Crippen LogP contribution in [0.3, 0.4) is 0 Å². The van der Waals surface area contributed by atoms with Crippen molar-refractivity contribution in [3.63, 3.8) is 0 Å². The van der Waals surface area contributed by atoms with Crippen molar-refractivity contribution in [1.29, 1.82) is 0 Å². The van der Waals surface area contributed by atoms with E-state index in [1.54, 1.807) is 5.57 Å². The lowest BCUT2D eigenvalue weighted by atomic mass is 9.91. The molecule has 0 bridgehead atoms. The number of nitrogens with one attached hydrogen (secondary N) is 1. The fraction of sp³-hybridized carbons (Fsp3) is 0.600. The number of anilines is 1. The van der Waals surface area contributed by atoms with Gasteiger partial charge in [-0.1, -0.05) is 6.08 Å². The van der Waals surface area contributed by atoms with Crippen LogP contribution in [-0.2, 0) is 0 Å². The molecule has 5 rings (SSSR count). The Morgan fingerprint density at radius 2 is 1.87 bits per heavy atom. The summed E-state index contributed by atoms with van der Waals surface area (Å²) in [7, 11) is 6.72.